The highest BCUT2D eigenvalue weighted by molar-refractivity contribution is 6.06. The van der Waals surface area contributed by atoms with E-state index >= 15 is 0 Å². The number of fused-ring (bicyclic) bond motifs is 3. The van der Waals surface area contributed by atoms with Crippen molar-refractivity contribution in [3.63, 3.8) is 0 Å². The Hall–Kier alpha value is -4.28. The molecule has 0 unspecified atom stereocenters. The SMILES string of the molecule is Nc1ccc(C(=O)Nc2cccc(-c3nc(N4CCOCC4)c4oc5ncccc5c4n3)c2)cn1.[Cl-]. The molecule has 3 N–H and O–H groups in total. The Kier molecular flexibility index (Phi) is 6.36. The number of ether oxygens (including phenoxy) is 1. The van der Waals surface area contributed by atoms with Crippen LogP contribution in [0.1, 0.15) is 10.4 Å². The van der Waals surface area contributed by atoms with Crippen LogP contribution in [0.5, 0.6) is 0 Å². The summed E-state index contributed by atoms with van der Waals surface area (Å²) in [4.78, 5) is 32.8. The molecule has 0 atom stereocenters. The van der Waals surface area contributed by atoms with Gasteiger partial charge >= 0.3 is 0 Å². The number of benzene rings is 1. The van der Waals surface area contributed by atoms with E-state index in [-0.39, 0.29) is 18.3 Å². The molecule has 10 nitrogen and oxygen atoms in total. The molecule has 1 fully saturated rings. The van der Waals surface area contributed by atoms with E-state index < -0.39 is 0 Å². The predicted molar refractivity (Wildman–Crippen MR) is 132 cm³/mol. The minimum atomic E-state index is -0.285. The van der Waals surface area contributed by atoms with Crippen LogP contribution in [0.3, 0.4) is 0 Å². The average molecular weight is 503 g/mol. The van der Waals surface area contributed by atoms with Crippen molar-refractivity contribution in [2.75, 3.05) is 42.3 Å². The van der Waals surface area contributed by atoms with Gasteiger partial charge in [0.25, 0.3) is 5.91 Å². The van der Waals surface area contributed by atoms with Crippen molar-refractivity contribution in [2.24, 2.45) is 0 Å². The maximum Gasteiger partial charge on any atom is 0.257 e. The second-order valence-corrected chi connectivity index (χ2v) is 8.11. The highest BCUT2D eigenvalue weighted by Gasteiger charge is 2.23. The quantitative estimate of drug-likeness (QED) is 0.360. The van der Waals surface area contributed by atoms with Crippen LogP contribution in [0.2, 0.25) is 0 Å². The third kappa shape index (κ3) is 4.39. The van der Waals surface area contributed by atoms with E-state index in [0.717, 1.165) is 10.9 Å². The van der Waals surface area contributed by atoms with Gasteiger partial charge in [-0.3, -0.25) is 4.79 Å². The van der Waals surface area contributed by atoms with E-state index in [1.54, 1.807) is 18.3 Å². The van der Waals surface area contributed by atoms with Crippen LogP contribution in [0, 0.1) is 0 Å². The summed E-state index contributed by atoms with van der Waals surface area (Å²) in [5.41, 5.74) is 9.21. The number of nitrogens with one attached hydrogen (secondary N) is 1. The number of furan rings is 1. The van der Waals surface area contributed by atoms with Crippen LogP contribution in [0.25, 0.3) is 33.6 Å². The first-order valence-electron chi connectivity index (χ1n) is 11.2. The number of nitrogens with two attached hydrogens (primary N) is 1. The normalized spacial score (nSPS) is 13.5. The van der Waals surface area contributed by atoms with Crippen LogP contribution >= 0.6 is 0 Å². The number of aromatic nitrogens is 4. The van der Waals surface area contributed by atoms with E-state index in [9.17, 15) is 4.79 Å². The molecule has 0 bridgehead atoms. The molecule has 11 heteroatoms. The van der Waals surface area contributed by atoms with Gasteiger partial charge in [0.05, 0.1) is 24.2 Å². The van der Waals surface area contributed by atoms with Crippen molar-refractivity contribution in [1.82, 2.24) is 19.9 Å². The standard InChI is InChI=1S/C25H21N7O3.ClH/c26-19-7-6-16(14-28-19)24(33)29-17-4-1-3-15(13-17)22-30-20-18-5-2-8-27-25(18)35-21(20)23(31-22)32-9-11-34-12-10-32;/h1-8,13-14H,9-12H2,(H2,26,28)(H,29,33);1H/p-1. The van der Waals surface area contributed by atoms with Gasteiger partial charge < -0.3 is 37.5 Å². The number of nitrogen functional groups attached to an aromatic ring is 1. The van der Waals surface area contributed by atoms with Crippen molar-refractivity contribution < 1.29 is 26.4 Å². The van der Waals surface area contributed by atoms with Gasteiger partial charge in [-0.25, -0.2) is 19.9 Å². The molecule has 36 heavy (non-hydrogen) atoms. The summed E-state index contributed by atoms with van der Waals surface area (Å²) in [6.45, 7) is 2.62. The summed E-state index contributed by atoms with van der Waals surface area (Å²) in [6.07, 6.45) is 3.13. The number of nitrogens with zero attached hydrogens (tertiary/aromatic N) is 5. The van der Waals surface area contributed by atoms with Gasteiger partial charge in [0.15, 0.2) is 17.2 Å². The van der Waals surface area contributed by atoms with E-state index in [4.69, 9.17) is 24.9 Å². The third-order valence-electron chi connectivity index (χ3n) is 5.81. The van der Waals surface area contributed by atoms with Crippen molar-refractivity contribution in [2.45, 2.75) is 0 Å². The summed E-state index contributed by atoms with van der Waals surface area (Å²) in [7, 11) is 0. The molecular weight excluding hydrogens is 482 g/mol. The highest BCUT2D eigenvalue weighted by Crippen LogP contribution is 2.34. The number of pyridine rings is 2. The molecule has 4 aromatic heterocycles. The summed E-state index contributed by atoms with van der Waals surface area (Å²) >= 11 is 0. The monoisotopic (exact) mass is 502 g/mol. The smallest absolute Gasteiger partial charge is 0.257 e. The second kappa shape index (κ2) is 9.76. The van der Waals surface area contributed by atoms with Crippen LogP contribution in [0.4, 0.5) is 17.3 Å². The maximum atomic E-state index is 12.7. The van der Waals surface area contributed by atoms with Gasteiger partial charge in [-0.2, -0.15) is 0 Å². The van der Waals surface area contributed by atoms with E-state index in [1.165, 1.54) is 6.20 Å². The molecule has 0 aliphatic carbocycles. The van der Waals surface area contributed by atoms with Crippen LogP contribution in [0.15, 0.2) is 65.3 Å². The Morgan fingerprint density at radius 3 is 2.69 bits per heavy atom. The van der Waals surface area contributed by atoms with Gasteiger partial charge in [-0.15, -0.1) is 0 Å². The molecule has 182 valence electrons. The molecule has 0 spiro atoms. The van der Waals surface area contributed by atoms with Gasteiger partial charge in [0.1, 0.15) is 11.3 Å². The molecule has 1 saturated heterocycles. The topological polar surface area (TPSA) is 132 Å². The first-order chi connectivity index (χ1) is 17.2. The Bertz CT molecular complexity index is 1550. The first kappa shape index (κ1) is 23.5. The van der Waals surface area contributed by atoms with Gasteiger partial charge in [0, 0.05) is 36.7 Å². The maximum absolute atomic E-state index is 12.7. The Morgan fingerprint density at radius 2 is 1.89 bits per heavy atom. The third-order valence-corrected chi connectivity index (χ3v) is 5.81. The van der Waals surface area contributed by atoms with Crippen molar-refractivity contribution in [3.05, 3.63) is 66.5 Å². The van der Waals surface area contributed by atoms with Gasteiger partial charge in [-0.1, -0.05) is 12.1 Å². The zero-order chi connectivity index (χ0) is 23.8. The fraction of sp³-hybridized carbons (Fsp3) is 0.160. The lowest BCUT2D eigenvalue weighted by Gasteiger charge is -2.27. The molecule has 1 aliphatic heterocycles. The highest BCUT2D eigenvalue weighted by atomic mass is 35.5. The molecule has 1 aromatic carbocycles. The summed E-state index contributed by atoms with van der Waals surface area (Å²) in [6, 6.07) is 14.4. The summed E-state index contributed by atoms with van der Waals surface area (Å²) in [5, 5.41) is 3.72. The number of morpholine rings is 1. The number of carbonyl (C=O) groups is 1. The Labute approximate surface area is 211 Å². The van der Waals surface area contributed by atoms with E-state index in [0.29, 0.717) is 71.8 Å². The van der Waals surface area contributed by atoms with Crippen molar-refractivity contribution in [1.29, 1.82) is 0 Å². The van der Waals surface area contributed by atoms with Crippen LogP contribution < -0.4 is 28.4 Å². The second-order valence-electron chi connectivity index (χ2n) is 8.11. The summed E-state index contributed by atoms with van der Waals surface area (Å²) < 4.78 is 11.6. The number of anilines is 3. The molecule has 6 rings (SSSR count). The molecule has 0 radical (unpaired) electrons. The molecule has 0 saturated carbocycles. The number of rotatable bonds is 4. The predicted octanol–water partition coefficient (Wildman–Crippen LogP) is 0.508. The van der Waals surface area contributed by atoms with Crippen molar-refractivity contribution >= 4 is 45.4 Å². The molecule has 5 aromatic rings. The van der Waals surface area contributed by atoms with Gasteiger partial charge in [0.2, 0.25) is 5.71 Å². The minimum absolute atomic E-state index is 0. The molecule has 1 amide bonds. The largest absolute Gasteiger partial charge is 1.00 e. The number of halogens is 1. The average Bonchev–Trinajstić information content (AvgIpc) is 3.28. The molecule has 1 aliphatic rings. The number of amides is 1. The summed E-state index contributed by atoms with van der Waals surface area (Å²) in [5.74, 6) is 1.30. The first-order valence-corrected chi connectivity index (χ1v) is 11.2. The lowest BCUT2D eigenvalue weighted by atomic mass is 10.1. The fourth-order valence-electron chi connectivity index (χ4n) is 4.06. The van der Waals surface area contributed by atoms with E-state index in [2.05, 4.69) is 20.2 Å². The Morgan fingerprint density at radius 1 is 1.03 bits per heavy atom. The lowest BCUT2D eigenvalue weighted by molar-refractivity contribution is -0.0000160. The number of hydrogen-bond acceptors (Lipinski definition) is 9. The van der Waals surface area contributed by atoms with Gasteiger partial charge in [-0.05, 0) is 36.4 Å². The van der Waals surface area contributed by atoms with Crippen LogP contribution in [-0.4, -0.2) is 52.1 Å². The number of hydrogen-bond donors (Lipinski definition) is 2. The lowest BCUT2D eigenvalue weighted by Crippen LogP contribution is -3.00. The minimum Gasteiger partial charge on any atom is -1.00 e. The van der Waals surface area contributed by atoms with E-state index in [1.807, 2.05) is 36.4 Å². The zero-order valence-electron chi connectivity index (χ0n) is 19.0. The molecule has 5 heterocycles. The number of carbonyl (C=O) groups excluding carboxylic acids is 1. The Balaban J connectivity index is 0.00000267. The fourth-order valence-corrected chi connectivity index (χ4v) is 4.06. The van der Waals surface area contributed by atoms with Crippen LogP contribution in [-0.2, 0) is 4.74 Å². The van der Waals surface area contributed by atoms with Crippen molar-refractivity contribution in [3.8, 4) is 11.4 Å². The zero-order valence-corrected chi connectivity index (χ0v) is 19.8. The molecular formula is C25H21ClN7O3-.